The van der Waals surface area contributed by atoms with Gasteiger partial charge in [0.2, 0.25) is 0 Å². The predicted octanol–water partition coefficient (Wildman–Crippen LogP) is 1.78. The Kier molecular flexibility index (Phi) is 4.82. The molecule has 2 rings (SSSR count). The third-order valence-corrected chi connectivity index (χ3v) is 3.98. The van der Waals surface area contributed by atoms with Crippen LogP contribution in [0.3, 0.4) is 0 Å². The Morgan fingerprint density at radius 1 is 1.25 bits per heavy atom. The van der Waals surface area contributed by atoms with Gasteiger partial charge in [0.25, 0.3) is 0 Å². The van der Waals surface area contributed by atoms with E-state index in [0.29, 0.717) is 6.54 Å². The van der Waals surface area contributed by atoms with Crippen molar-refractivity contribution in [2.75, 3.05) is 13.2 Å². The molecule has 20 heavy (non-hydrogen) atoms. The van der Waals surface area contributed by atoms with E-state index in [1.54, 1.807) is 19.1 Å². The molecule has 0 aliphatic rings. The molecule has 3 N–H and O–H groups in total. The van der Waals surface area contributed by atoms with Crippen LogP contribution in [0.5, 0.6) is 0 Å². The molecule has 108 valence electrons. The summed E-state index contributed by atoms with van der Waals surface area (Å²) in [4.78, 5) is 4.45. The molecule has 0 amide bonds. The second kappa shape index (κ2) is 6.41. The third kappa shape index (κ3) is 3.61. The van der Waals surface area contributed by atoms with Crippen molar-refractivity contribution in [3.8, 4) is 10.6 Å². The first-order valence-corrected chi connectivity index (χ1v) is 7.11. The van der Waals surface area contributed by atoms with Gasteiger partial charge in [-0.2, -0.15) is 0 Å². The van der Waals surface area contributed by atoms with E-state index in [4.69, 9.17) is 0 Å². The van der Waals surface area contributed by atoms with Crippen molar-refractivity contribution >= 4 is 11.3 Å². The first-order valence-electron chi connectivity index (χ1n) is 6.23. The van der Waals surface area contributed by atoms with Crippen molar-refractivity contribution in [3.63, 3.8) is 0 Å². The summed E-state index contributed by atoms with van der Waals surface area (Å²) in [5.74, 6) is -0.270. The summed E-state index contributed by atoms with van der Waals surface area (Å²) in [6.45, 7) is 1.88. The molecule has 4 nitrogen and oxygen atoms in total. The van der Waals surface area contributed by atoms with Crippen LogP contribution in [-0.4, -0.2) is 33.9 Å². The van der Waals surface area contributed by atoms with E-state index in [2.05, 4.69) is 10.3 Å². The molecule has 0 fully saturated rings. The highest BCUT2D eigenvalue weighted by molar-refractivity contribution is 7.13. The normalized spacial score (nSPS) is 11.8. The number of rotatable bonds is 6. The van der Waals surface area contributed by atoms with Crippen LogP contribution in [0.2, 0.25) is 0 Å². The van der Waals surface area contributed by atoms with E-state index in [9.17, 15) is 14.6 Å². The summed E-state index contributed by atoms with van der Waals surface area (Å²) in [6, 6.07) is 6.19. The number of nitrogens with zero attached hydrogens (tertiary/aromatic N) is 1. The van der Waals surface area contributed by atoms with Gasteiger partial charge in [-0.15, -0.1) is 11.3 Å². The summed E-state index contributed by atoms with van der Waals surface area (Å²) < 4.78 is 12.9. The standard InChI is InChI=1S/C14H17FN2O2S/c1-14(8-18,9-19)16-6-12-7-20-13(17-12)10-2-4-11(15)5-3-10/h2-5,7,16,18-19H,6,8-9H2,1H3. The predicted molar refractivity (Wildman–Crippen MR) is 76.9 cm³/mol. The highest BCUT2D eigenvalue weighted by Crippen LogP contribution is 2.24. The smallest absolute Gasteiger partial charge is 0.123 e. The molecule has 0 saturated heterocycles. The van der Waals surface area contributed by atoms with Crippen molar-refractivity contribution in [1.82, 2.24) is 10.3 Å². The monoisotopic (exact) mass is 296 g/mol. The fourth-order valence-electron chi connectivity index (χ4n) is 1.58. The van der Waals surface area contributed by atoms with Crippen LogP contribution in [0.4, 0.5) is 4.39 Å². The quantitative estimate of drug-likeness (QED) is 0.760. The molecule has 6 heteroatoms. The lowest BCUT2D eigenvalue weighted by Gasteiger charge is -2.25. The Hall–Kier alpha value is -1.34. The average molecular weight is 296 g/mol. The Bertz CT molecular complexity index is 553. The van der Waals surface area contributed by atoms with Crippen LogP contribution in [0, 0.1) is 5.82 Å². The maximum atomic E-state index is 12.9. The molecule has 0 aliphatic heterocycles. The van der Waals surface area contributed by atoms with Gasteiger partial charge in [0.15, 0.2) is 0 Å². The molecular weight excluding hydrogens is 279 g/mol. The van der Waals surface area contributed by atoms with Crippen LogP contribution in [-0.2, 0) is 6.54 Å². The van der Waals surface area contributed by atoms with Gasteiger partial charge < -0.3 is 15.5 Å². The number of aliphatic hydroxyl groups is 2. The topological polar surface area (TPSA) is 65.4 Å². The Morgan fingerprint density at radius 3 is 2.50 bits per heavy atom. The van der Waals surface area contributed by atoms with Gasteiger partial charge in [0, 0.05) is 17.5 Å². The SMILES string of the molecule is CC(CO)(CO)NCc1csc(-c2ccc(F)cc2)n1. The minimum atomic E-state index is -0.723. The largest absolute Gasteiger partial charge is 0.394 e. The zero-order valence-corrected chi connectivity index (χ0v) is 12.0. The molecule has 0 bridgehead atoms. The lowest BCUT2D eigenvalue weighted by molar-refractivity contribution is 0.103. The number of aromatic nitrogens is 1. The van der Waals surface area contributed by atoms with Crippen LogP contribution in [0.1, 0.15) is 12.6 Å². The zero-order valence-electron chi connectivity index (χ0n) is 11.1. The first-order chi connectivity index (χ1) is 9.56. The third-order valence-electron chi connectivity index (χ3n) is 3.04. The molecule has 2 aromatic rings. The minimum absolute atomic E-state index is 0.154. The molecule has 1 aromatic carbocycles. The van der Waals surface area contributed by atoms with E-state index in [-0.39, 0.29) is 19.0 Å². The van der Waals surface area contributed by atoms with E-state index < -0.39 is 5.54 Å². The van der Waals surface area contributed by atoms with Crippen LogP contribution in [0.25, 0.3) is 10.6 Å². The molecule has 0 unspecified atom stereocenters. The van der Waals surface area contributed by atoms with Crippen LogP contribution < -0.4 is 5.32 Å². The molecule has 1 heterocycles. The summed E-state index contributed by atoms with van der Waals surface area (Å²) in [5, 5.41) is 24.2. The minimum Gasteiger partial charge on any atom is -0.394 e. The molecular formula is C14H17FN2O2S. The van der Waals surface area contributed by atoms with E-state index >= 15 is 0 Å². The van der Waals surface area contributed by atoms with Gasteiger partial charge in [0.05, 0.1) is 24.4 Å². The number of thiazole rings is 1. The molecule has 0 radical (unpaired) electrons. The van der Waals surface area contributed by atoms with Gasteiger partial charge in [-0.3, -0.25) is 0 Å². The highest BCUT2D eigenvalue weighted by atomic mass is 32.1. The molecule has 0 saturated carbocycles. The van der Waals surface area contributed by atoms with E-state index in [1.165, 1.54) is 23.5 Å². The van der Waals surface area contributed by atoms with Crippen LogP contribution >= 0.6 is 11.3 Å². The summed E-state index contributed by atoms with van der Waals surface area (Å²) in [5.41, 5.74) is 0.969. The number of hydrogen-bond acceptors (Lipinski definition) is 5. The lowest BCUT2D eigenvalue weighted by atomic mass is 10.1. The molecule has 0 atom stereocenters. The van der Waals surface area contributed by atoms with Gasteiger partial charge in [-0.25, -0.2) is 9.37 Å². The van der Waals surface area contributed by atoms with E-state index in [1.807, 2.05) is 5.38 Å². The summed E-state index contributed by atoms with van der Waals surface area (Å²) in [6.07, 6.45) is 0. The summed E-state index contributed by atoms with van der Waals surface area (Å²) in [7, 11) is 0. The summed E-state index contributed by atoms with van der Waals surface area (Å²) >= 11 is 1.48. The first kappa shape index (κ1) is 15.1. The van der Waals surface area contributed by atoms with Crippen molar-refractivity contribution in [2.45, 2.75) is 19.0 Å². The Balaban J connectivity index is 2.04. The lowest BCUT2D eigenvalue weighted by Crippen LogP contribution is -2.48. The molecule has 0 aliphatic carbocycles. The number of hydrogen-bond donors (Lipinski definition) is 3. The fourth-order valence-corrected chi connectivity index (χ4v) is 2.40. The maximum absolute atomic E-state index is 12.9. The maximum Gasteiger partial charge on any atom is 0.123 e. The second-order valence-electron chi connectivity index (χ2n) is 4.88. The molecule has 0 spiro atoms. The van der Waals surface area contributed by atoms with Gasteiger partial charge in [-0.1, -0.05) is 0 Å². The Morgan fingerprint density at radius 2 is 1.90 bits per heavy atom. The number of halogens is 1. The van der Waals surface area contributed by atoms with Crippen molar-refractivity contribution in [1.29, 1.82) is 0 Å². The second-order valence-corrected chi connectivity index (χ2v) is 5.74. The van der Waals surface area contributed by atoms with Gasteiger partial charge >= 0.3 is 0 Å². The van der Waals surface area contributed by atoms with Crippen molar-refractivity contribution in [3.05, 3.63) is 41.2 Å². The highest BCUT2D eigenvalue weighted by Gasteiger charge is 2.21. The van der Waals surface area contributed by atoms with Crippen LogP contribution in [0.15, 0.2) is 29.6 Å². The fraction of sp³-hybridized carbons (Fsp3) is 0.357. The van der Waals surface area contributed by atoms with Gasteiger partial charge in [0.1, 0.15) is 10.8 Å². The number of aliphatic hydroxyl groups excluding tert-OH is 2. The van der Waals surface area contributed by atoms with E-state index in [0.717, 1.165) is 16.3 Å². The van der Waals surface area contributed by atoms with Crippen molar-refractivity contribution < 1.29 is 14.6 Å². The zero-order chi connectivity index (χ0) is 14.6. The molecule has 1 aromatic heterocycles. The van der Waals surface area contributed by atoms with Crippen molar-refractivity contribution in [2.24, 2.45) is 0 Å². The number of benzene rings is 1. The average Bonchev–Trinajstić information content (AvgIpc) is 2.94. The Labute approximate surface area is 120 Å². The number of nitrogens with one attached hydrogen (secondary N) is 1. The van der Waals surface area contributed by atoms with Gasteiger partial charge in [-0.05, 0) is 31.2 Å².